The Balaban J connectivity index is 1.78. The van der Waals surface area contributed by atoms with E-state index in [2.05, 4.69) is 27.1 Å². The second kappa shape index (κ2) is 5.89. The number of para-hydroxylation sites is 2. The van der Waals surface area contributed by atoms with Gasteiger partial charge in [-0.1, -0.05) is 60.7 Å². The van der Waals surface area contributed by atoms with Gasteiger partial charge in [-0.25, -0.2) is 9.97 Å². The molecule has 0 fully saturated rings. The van der Waals surface area contributed by atoms with Crippen molar-refractivity contribution < 1.29 is 4.42 Å². The fraction of sp³-hybridized carbons (Fsp3) is 0. The van der Waals surface area contributed by atoms with Gasteiger partial charge in [-0.2, -0.15) is 0 Å². The van der Waals surface area contributed by atoms with Gasteiger partial charge in [0.05, 0.1) is 5.56 Å². The molecule has 1 N–H and O–H groups in total. The van der Waals surface area contributed by atoms with Crippen molar-refractivity contribution in [1.29, 1.82) is 0 Å². The summed E-state index contributed by atoms with van der Waals surface area (Å²) >= 11 is 5.30. The average molecular weight is 355 g/mol. The number of benzene rings is 3. The van der Waals surface area contributed by atoms with Crippen LogP contribution < -0.4 is 0 Å². The van der Waals surface area contributed by atoms with Gasteiger partial charge in [0.2, 0.25) is 4.77 Å². The van der Waals surface area contributed by atoms with E-state index in [9.17, 15) is 0 Å². The van der Waals surface area contributed by atoms with Crippen LogP contribution in [0.1, 0.15) is 0 Å². The Morgan fingerprint density at radius 1 is 0.731 bits per heavy atom. The highest BCUT2D eigenvalue weighted by Gasteiger charge is 2.14. The molecule has 0 bridgehead atoms. The Hall–Kier alpha value is -3.31. The molecule has 0 radical (unpaired) electrons. The van der Waals surface area contributed by atoms with Crippen LogP contribution in [-0.2, 0) is 0 Å². The molecule has 5 rings (SSSR count). The predicted molar refractivity (Wildman–Crippen MR) is 105 cm³/mol. The normalized spacial score (nSPS) is 11.2. The molecule has 26 heavy (non-hydrogen) atoms. The summed E-state index contributed by atoms with van der Waals surface area (Å²) < 4.78 is 6.41. The summed E-state index contributed by atoms with van der Waals surface area (Å²) in [7, 11) is 0. The first-order valence-electron chi connectivity index (χ1n) is 8.24. The third kappa shape index (κ3) is 2.41. The summed E-state index contributed by atoms with van der Waals surface area (Å²) in [5, 5.41) is 2.14. The molecule has 0 aliphatic heterocycles. The standard InChI is InChI=1S/C21H13N3OS/c26-21-23-19(13-7-2-1-3-8-13)22-20(24-21)16-11-6-10-15-14-9-4-5-12-17(14)25-18(15)16/h1-12H,(H,22,23,24,26). The maximum absolute atomic E-state index is 6.11. The monoisotopic (exact) mass is 355 g/mol. The zero-order chi connectivity index (χ0) is 17.5. The van der Waals surface area contributed by atoms with Gasteiger partial charge in [-0.05, 0) is 24.4 Å². The Morgan fingerprint density at radius 2 is 1.46 bits per heavy atom. The highest BCUT2D eigenvalue weighted by atomic mass is 32.1. The van der Waals surface area contributed by atoms with Crippen molar-refractivity contribution in [3.05, 3.63) is 77.6 Å². The van der Waals surface area contributed by atoms with E-state index >= 15 is 0 Å². The molecule has 0 unspecified atom stereocenters. The lowest BCUT2D eigenvalue weighted by atomic mass is 10.1. The van der Waals surface area contributed by atoms with Crippen LogP contribution in [-0.4, -0.2) is 15.0 Å². The summed E-state index contributed by atoms with van der Waals surface area (Å²) in [6.07, 6.45) is 0. The van der Waals surface area contributed by atoms with Crippen LogP contribution in [0.3, 0.4) is 0 Å². The molecular weight excluding hydrogens is 342 g/mol. The van der Waals surface area contributed by atoms with Crippen molar-refractivity contribution in [3.63, 3.8) is 0 Å². The molecule has 0 spiro atoms. The molecule has 0 amide bonds. The van der Waals surface area contributed by atoms with Crippen LogP contribution >= 0.6 is 12.2 Å². The molecule has 0 saturated heterocycles. The van der Waals surface area contributed by atoms with E-state index in [1.54, 1.807) is 0 Å². The molecule has 0 atom stereocenters. The molecule has 5 aromatic rings. The van der Waals surface area contributed by atoms with E-state index in [-0.39, 0.29) is 0 Å². The van der Waals surface area contributed by atoms with Crippen molar-refractivity contribution in [1.82, 2.24) is 15.0 Å². The molecule has 2 aromatic heterocycles. The lowest BCUT2D eigenvalue weighted by molar-refractivity contribution is 0.669. The van der Waals surface area contributed by atoms with Gasteiger partial charge in [-0.15, -0.1) is 0 Å². The van der Waals surface area contributed by atoms with E-state index in [0.29, 0.717) is 16.4 Å². The Labute approximate surface area is 154 Å². The highest BCUT2D eigenvalue weighted by Crippen LogP contribution is 2.34. The molecule has 4 nitrogen and oxygen atoms in total. The van der Waals surface area contributed by atoms with Crippen LogP contribution in [0, 0.1) is 4.77 Å². The summed E-state index contributed by atoms with van der Waals surface area (Å²) in [5.74, 6) is 1.34. The Morgan fingerprint density at radius 3 is 2.35 bits per heavy atom. The fourth-order valence-electron chi connectivity index (χ4n) is 3.18. The largest absolute Gasteiger partial charge is 0.455 e. The van der Waals surface area contributed by atoms with Crippen LogP contribution in [0.5, 0.6) is 0 Å². The number of hydrogen-bond donors (Lipinski definition) is 1. The lowest BCUT2D eigenvalue weighted by Crippen LogP contribution is -1.97. The maximum atomic E-state index is 6.11. The number of nitrogens with zero attached hydrogens (tertiary/aromatic N) is 2. The van der Waals surface area contributed by atoms with E-state index in [4.69, 9.17) is 16.6 Å². The third-order valence-electron chi connectivity index (χ3n) is 4.36. The second-order valence-corrected chi connectivity index (χ2v) is 6.34. The number of rotatable bonds is 2. The smallest absolute Gasteiger partial charge is 0.223 e. The Kier molecular flexibility index (Phi) is 3.40. The number of hydrogen-bond acceptors (Lipinski definition) is 4. The zero-order valence-corrected chi connectivity index (χ0v) is 14.5. The number of furan rings is 1. The minimum absolute atomic E-state index is 0.297. The molecule has 124 valence electrons. The van der Waals surface area contributed by atoms with E-state index in [1.165, 1.54) is 0 Å². The quantitative estimate of drug-likeness (QED) is 0.409. The topological polar surface area (TPSA) is 54.7 Å². The van der Waals surface area contributed by atoms with Crippen LogP contribution in [0.4, 0.5) is 0 Å². The number of H-pyrrole nitrogens is 1. The van der Waals surface area contributed by atoms with Gasteiger partial charge in [0.25, 0.3) is 0 Å². The third-order valence-corrected chi connectivity index (χ3v) is 4.54. The fourth-order valence-corrected chi connectivity index (χ4v) is 3.36. The molecule has 3 aromatic carbocycles. The summed E-state index contributed by atoms with van der Waals surface area (Å²) in [4.78, 5) is 12.1. The van der Waals surface area contributed by atoms with E-state index < -0.39 is 0 Å². The Bertz CT molecular complexity index is 1310. The summed E-state index contributed by atoms with van der Waals surface area (Å²) in [6, 6.07) is 23.9. The van der Waals surface area contributed by atoms with Crippen molar-refractivity contribution in [2.45, 2.75) is 0 Å². The zero-order valence-electron chi connectivity index (χ0n) is 13.6. The molecule has 0 aliphatic carbocycles. The molecule has 0 saturated carbocycles. The number of aromatic nitrogens is 3. The highest BCUT2D eigenvalue weighted by molar-refractivity contribution is 7.71. The van der Waals surface area contributed by atoms with Gasteiger partial charge < -0.3 is 9.40 Å². The van der Waals surface area contributed by atoms with Gasteiger partial charge in [0, 0.05) is 16.3 Å². The van der Waals surface area contributed by atoms with Crippen molar-refractivity contribution in [2.24, 2.45) is 0 Å². The predicted octanol–water partition coefficient (Wildman–Crippen LogP) is 5.77. The van der Waals surface area contributed by atoms with E-state index in [1.807, 2.05) is 60.7 Å². The second-order valence-electron chi connectivity index (χ2n) is 5.97. The van der Waals surface area contributed by atoms with Gasteiger partial charge in [0.15, 0.2) is 0 Å². The molecule has 2 heterocycles. The van der Waals surface area contributed by atoms with Crippen LogP contribution in [0.15, 0.2) is 77.2 Å². The number of nitrogens with one attached hydrogen (secondary N) is 1. The van der Waals surface area contributed by atoms with Crippen molar-refractivity contribution in [3.8, 4) is 22.8 Å². The van der Waals surface area contributed by atoms with Crippen molar-refractivity contribution in [2.75, 3.05) is 0 Å². The minimum Gasteiger partial charge on any atom is -0.455 e. The summed E-state index contributed by atoms with van der Waals surface area (Å²) in [6.45, 7) is 0. The SMILES string of the molecule is S=c1nc(-c2ccccc2)[nH]c(-c2cccc3c2oc2ccccc23)n1. The van der Waals surface area contributed by atoms with Gasteiger partial charge >= 0.3 is 0 Å². The lowest BCUT2D eigenvalue weighted by Gasteiger charge is -2.06. The van der Waals surface area contributed by atoms with Gasteiger partial charge in [-0.3, -0.25) is 0 Å². The van der Waals surface area contributed by atoms with Gasteiger partial charge in [0.1, 0.15) is 22.8 Å². The number of aromatic amines is 1. The first-order valence-corrected chi connectivity index (χ1v) is 8.65. The maximum Gasteiger partial charge on any atom is 0.223 e. The average Bonchev–Trinajstić information content (AvgIpc) is 3.07. The van der Waals surface area contributed by atoms with Crippen LogP contribution in [0.25, 0.3) is 44.7 Å². The first-order chi connectivity index (χ1) is 12.8. The number of fused-ring (bicyclic) bond motifs is 3. The molecule has 5 heteroatoms. The first kappa shape index (κ1) is 15.0. The van der Waals surface area contributed by atoms with Crippen molar-refractivity contribution >= 4 is 34.2 Å². The molecular formula is C21H13N3OS. The van der Waals surface area contributed by atoms with E-state index in [0.717, 1.165) is 33.1 Å². The minimum atomic E-state index is 0.297. The molecule has 0 aliphatic rings. The van der Waals surface area contributed by atoms with Crippen LogP contribution in [0.2, 0.25) is 0 Å². The summed E-state index contributed by atoms with van der Waals surface area (Å²) in [5.41, 5.74) is 3.46.